The Morgan fingerprint density at radius 1 is 1.04 bits per heavy atom. The van der Waals surface area contributed by atoms with Crippen LogP contribution < -0.4 is 5.32 Å². The number of rotatable bonds is 7. The molecule has 3 aromatic rings. The Labute approximate surface area is 158 Å². The van der Waals surface area contributed by atoms with E-state index in [1.54, 1.807) is 30.4 Å². The number of nitrogens with one attached hydrogen (secondary N) is 1. The van der Waals surface area contributed by atoms with Gasteiger partial charge >= 0.3 is 0 Å². The summed E-state index contributed by atoms with van der Waals surface area (Å²) in [5.41, 5.74) is 4.05. The van der Waals surface area contributed by atoms with Crippen LogP contribution in [0.1, 0.15) is 17.5 Å². The fourth-order valence-corrected chi connectivity index (χ4v) is 3.09. The van der Waals surface area contributed by atoms with E-state index in [9.17, 15) is 4.79 Å². The standard InChI is InChI=1S/C21H21N3OS/c1-26-19-7-4-16(5-8-19)6-9-20(25)24-15-18-3-2-12-23-21(18)17-10-13-22-14-11-17/h2-5,7-8,10-14H,6,9,15H2,1H3,(H,24,25). The summed E-state index contributed by atoms with van der Waals surface area (Å²) in [4.78, 5) is 21.9. The lowest BCUT2D eigenvalue weighted by Gasteiger charge is -2.10. The first-order valence-electron chi connectivity index (χ1n) is 8.50. The van der Waals surface area contributed by atoms with Gasteiger partial charge in [0.2, 0.25) is 5.91 Å². The number of aromatic nitrogens is 2. The molecule has 0 atom stereocenters. The molecule has 4 nitrogen and oxygen atoms in total. The van der Waals surface area contributed by atoms with E-state index in [0.29, 0.717) is 13.0 Å². The van der Waals surface area contributed by atoms with Gasteiger partial charge in [-0.25, -0.2) is 0 Å². The highest BCUT2D eigenvalue weighted by Crippen LogP contribution is 2.20. The Kier molecular flexibility index (Phi) is 6.39. The minimum absolute atomic E-state index is 0.0449. The van der Waals surface area contributed by atoms with E-state index < -0.39 is 0 Å². The van der Waals surface area contributed by atoms with Crippen LogP contribution in [0.4, 0.5) is 0 Å². The summed E-state index contributed by atoms with van der Waals surface area (Å²) >= 11 is 1.72. The zero-order chi connectivity index (χ0) is 18.2. The van der Waals surface area contributed by atoms with Crippen LogP contribution in [0.2, 0.25) is 0 Å². The molecule has 2 aromatic heterocycles. The second-order valence-corrected chi connectivity index (χ2v) is 6.75. The largest absolute Gasteiger partial charge is 0.352 e. The predicted molar refractivity (Wildman–Crippen MR) is 106 cm³/mol. The molecule has 0 aliphatic carbocycles. The number of aryl methyl sites for hydroxylation is 1. The Morgan fingerprint density at radius 3 is 2.54 bits per heavy atom. The van der Waals surface area contributed by atoms with Crippen LogP contribution in [0.15, 0.2) is 72.0 Å². The van der Waals surface area contributed by atoms with Gasteiger partial charge in [0.05, 0.1) is 5.69 Å². The van der Waals surface area contributed by atoms with Crippen molar-refractivity contribution in [1.29, 1.82) is 0 Å². The second kappa shape index (κ2) is 9.15. The number of carbonyl (C=O) groups excluding carboxylic acids is 1. The monoisotopic (exact) mass is 363 g/mol. The normalized spacial score (nSPS) is 10.5. The van der Waals surface area contributed by atoms with Gasteiger partial charge in [0.15, 0.2) is 0 Å². The topological polar surface area (TPSA) is 54.9 Å². The molecule has 3 rings (SSSR count). The van der Waals surface area contributed by atoms with Gasteiger partial charge in [-0.05, 0) is 54.1 Å². The van der Waals surface area contributed by atoms with Gasteiger partial charge in [-0.15, -0.1) is 11.8 Å². The number of amides is 1. The van der Waals surface area contributed by atoms with E-state index in [4.69, 9.17) is 0 Å². The predicted octanol–water partition coefficient (Wildman–Crippen LogP) is 4.11. The first-order valence-corrected chi connectivity index (χ1v) is 9.72. The third-order valence-corrected chi connectivity index (χ3v) is 4.86. The number of thioether (sulfide) groups is 1. The minimum Gasteiger partial charge on any atom is -0.352 e. The van der Waals surface area contributed by atoms with Crippen molar-refractivity contribution in [2.24, 2.45) is 0 Å². The Hall–Kier alpha value is -2.66. The van der Waals surface area contributed by atoms with Gasteiger partial charge in [-0.3, -0.25) is 14.8 Å². The highest BCUT2D eigenvalue weighted by Gasteiger charge is 2.08. The molecular weight excluding hydrogens is 342 g/mol. The average molecular weight is 363 g/mol. The van der Waals surface area contributed by atoms with Crippen LogP contribution in [-0.2, 0) is 17.8 Å². The highest BCUT2D eigenvalue weighted by molar-refractivity contribution is 7.98. The van der Waals surface area contributed by atoms with Gasteiger partial charge in [0.25, 0.3) is 0 Å². The number of hydrogen-bond donors (Lipinski definition) is 1. The van der Waals surface area contributed by atoms with Crippen LogP contribution in [0.5, 0.6) is 0 Å². The number of pyridine rings is 2. The fraction of sp³-hybridized carbons (Fsp3) is 0.190. The number of nitrogens with zero attached hydrogens (tertiary/aromatic N) is 2. The first-order chi connectivity index (χ1) is 12.8. The van der Waals surface area contributed by atoms with Crippen LogP contribution in [-0.4, -0.2) is 22.1 Å². The Balaban J connectivity index is 1.56. The SMILES string of the molecule is CSc1ccc(CCC(=O)NCc2cccnc2-c2ccncc2)cc1. The molecule has 0 radical (unpaired) electrons. The summed E-state index contributed by atoms with van der Waals surface area (Å²) in [6.45, 7) is 0.468. The van der Waals surface area contributed by atoms with Gasteiger partial charge in [0, 0.05) is 42.0 Å². The van der Waals surface area contributed by atoms with Crippen molar-refractivity contribution < 1.29 is 4.79 Å². The third-order valence-electron chi connectivity index (χ3n) is 4.12. The van der Waals surface area contributed by atoms with Crippen molar-refractivity contribution in [2.75, 3.05) is 6.26 Å². The van der Waals surface area contributed by atoms with Crippen molar-refractivity contribution in [3.63, 3.8) is 0 Å². The highest BCUT2D eigenvalue weighted by atomic mass is 32.2. The molecule has 26 heavy (non-hydrogen) atoms. The molecule has 5 heteroatoms. The van der Waals surface area contributed by atoms with Crippen molar-refractivity contribution in [2.45, 2.75) is 24.3 Å². The summed E-state index contributed by atoms with van der Waals surface area (Å²) in [7, 11) is 0. The van der Waals surface area contributed by atoms with Crippen LogP contribution in [0, 0.1) is 0 Å². The summed E-state index contributed by atoms with van der Waals surface area (Å²) in [6, 6.07) is 16.1. The van der Waals surface area contributed by atoms with E-state index >= 15 is 0 Å². The zero-order valence-electron chi connectivity index (χ0n) is 14.7. The van der Waals surface area contributed by atoms with E-state index in [0.717, 1.165) is 23.2 Å². The van der Waals surface area contributed by atoms with Crippen molar-refractivity contribution in [3.05, 3.63) is 78.2 Å². The maximum atomic E-state index is 12.2. The molecular formula is C21H21N3OS. The van der Waals surface area contributed by atoms with Crippen molar-refractivity contribution >= 4 is 17.7 Å². The molecule has 0 saturated carbocycles. The first kappa shape index (κ1) is 18.1. The molecule has 0 fully saturated rings. The summed E-state index contributed by atoms with van der Waals surface area (Å²) < 4.78 is 0. The summed E-state index contributed by atoms with van der Waals surface area (Å²) in [6.07, 6.45) is 8.53. The quantitative estimate of drug-likeness (QED) is 0.642. The smallest absolute Gasteiger partial charge is 0.220 e. The lowest BCUT2D eigenvalue weighted by atomic mass is 10.1. The Bertz CT molecular complexity index is 851. The minimum atomic E-state index is 0.0449. The van der Waals surface area contributed by atoms with E-state index in [1.807, 2.05) is 24.3 Å². The summed E-state index contributed by atoms with van der Waals surface area (Å²) in [5, 5.41) is 3.00. The summed E-state index contributed by atoms with van der Waals surface area (Å²) in [5.74, 6) is 0.0449. The average Bonchev–Trinajstić information content (AvgIpc) is 2.72. The van der Waals surface area contributed by atoms with Gasteiger partial charge in [-0.1, -0.05) is 18.2 Å². The molecule has 0 saturated heterocycles. The van der Waals surface area contributed by atoms with Crippen molar-refractivity contribution in [1.82, 2.24) is 15.3 Å². The second-order valence-electron chi connectivity index (χ2n) is 5.87. The van der Waals surface area contributed by atoms with Crippen LogP contribution >= 0.6 is 11.8 Å². The molecule has 0 spiro atoms. The molecule has 2 heterocycles. The maximum absolute atomic E-state index is 12.2. The molecule has 0 aliphatic rings. The Morgan fingerprint density at radius 2 is 1.81 bits per heavy atom. The van der Waals surface area contributed by atoms with Crippen LogP contribution in [0.3, 0.4) is 0 Å². The molecule has 132 valence electrons. The van der Waals surface area contributed by atoms with Gasteiger partial charge in [0.1, 0.15) is 0 Å². The van der Waals surface area contributed by atoms with E-state index in [-0.39, 0.29) is 5.91 Å². The van der Waals surface area contributed by atoms with Gasteiger partial charge < -0.3 is 5.32 Å². The van der Waals surface area contributed by atoms with Crippen molar-refractivity contribution in [3.8, 4) is 11.3 Å². The zero-order valence-corrected chi connectivity index (χ0v) is 15.5. The maximum Gasteiger partial charge on any atom is 0.220 e. The number of benzene rings is 1. The molecule has 0 unspecified atom stereocenters. The molecule has 0 aliphatic heterocycles. The fourth-order valence-electron chi connectivity index (χ4n) is 2.68. The lowest BCUT2D eigenvalue weighted by molar-refractivity contribution is -0.121. The molecule has 1 aromatic carbocycles. The molecule has 1 amide bonds. The lowest BCUT2D eigenvalue weighted by Crippen LogP contribution is -2.23. The van der Waals surface area contributed by atoms with Gasteiger partial charge in [-0.2, -0.15) is 0 Å². The van der Waals surface area contributed by atoms with E-state index in [2.05, 4.69) is 45.8 Å². The number of carbonyl (C=O) groups is 1. The van der Waals surface area contributed by atoms with Crippen LogP contribution in [0.25, 0.3) is 11.3 Å². The molecule has 0 bridgehead atoms. The number of hydrogen-bond acceptors (Lipinski definition) is 4. The van der Waals surface area contributed by atoms with E-state index in [1.165, 1.54) is 10.5 Å². The third kappa shape index (κ3) is 4.92. The molecule has 1 N–H and O–H groups in total.